The molecule has 27 heavy (non-hydrogen) atoms. The van der Waals surface area contributed by atoms with E-state index in [0.29, 0.717) is 39.5 Å². The van der Waals surface area contributed by atoms with Gasteiger partial charge in [0.2, 0.25) is 5.78 Å². The molecule has 0 saturated heterocycles. The van der Waals surface area contributed by atoms with Crippen LogP contribution in [0.15, 0.2) is 59.1 Å². The first-order valence-electron chi connectivity index (χ1n) is 7.95. The fraction of sp³-hybridized carbons (Fsp3) is 0.143. The normalized spacial score (nSPS) is 10.7. The maximum absolute atomic E-state index is 12.7. The van der Waals surface area contributed by atoms with E-state index in [9.17, 15) is 10.1 Å². The van der Waals surface area contributed by atoms with E-state index in [1.807, 2.05) is 6.07 Å². The van der Waals surface area contributed by atoms with Crippen molar-refractivity contribution < 1.29 is 19.0 Å². The minimum absolute atomic E-state index is 0.00281. The van der Waals surface area contributed by atoms with E-state index in [4.69, 9.17) is 14.2 Å². The number of hydrogen-bond acceptors (Lipinski definition) is 5. The van der Waals surface area contributed by atoms with Crippen LogP contribution in [0.2, 0.25) is 0 Å². The average molecular weight is 428 g/mol. The molecule has 2 aromatic carbocycles. The fourth-order valence-corrected chi connectivity index (χ4v) is 2.91. The number of halogens is 1. The Balaban J connectivity index is 2.42. The van der Waals surface area contributed by atoms with Gasteiger partial charge in [0.15, 0.2) is 11.5 Å². The van der Waals surface area contributed by atoms with Crippen LogP contribution in [0.4, 0.5) is 0 Å². The second-order valence-electron chi connectivity index (χ2n) is 5.36. The Kier molecular flexibility index (Phi) is 7.21. The first-order chi connectivity index (χ1) is 13.0. The Morgan fingerprint density at radius 1 is 1.26 bits per heavy atom. The third kappa shape index (κ3) is 4.99. The maximum Gasteiger partial charge on any atom is 0.203 e. The number of ether oxygens (including phenoxy) is 3. The summed E-state index contributed by atoms with van der Waals surface area (Å²) in [4.78, 5) is 12.7. The molecule has 138 valence electrons. The summed E-state index contributed by atoms with van der Waals surface area (Å²) >= 11 is 3.43. The fourth-order valence-electron chi connectivity index (χ4n) is 2.34. The highest BCUT2D eigenvalue weighted by Gasteiger charge is 2.15. The van der Waals surface area contributed by atoms with Gasteiger partial charge < -0.3 is 14.2 Å². The first-order valence-corrected chi connectivity index (χ1v) is 8.75. The van der Waals surface area contributed by atoms with Gasteiger partial charge in [0, 0.05) is 5.56 Å². The molecule has 0 aliphatic heterocycles. The molecule has 2 aromatic rings. The van der Waals surface area contributed by atoms with Gasteiger partial charge in [0.05, 0.1) is 18.7 Å². The quantitative estimate of drug-likeness (QED) is 0.261. The van der Waals surface area contributed by atoms with Gasteiger partial charge in [0.25, 0.3) is 0 Å². The van der Waals surface area contributed by atoms with Gasteiger partial charge in [0.1, 0.15) is 24.0 Å². The smallest absolute Gasteiger partial charge is 0.203 e. The SMILES string of the molecule is C=CCOc1c(Br)cc(/C=C(\C#N)C(=O)c2cccc(OC)c2)cc1OC. The van der Waals surface area contributed by atoms with E-state index in [1.165, 1.54) is 20.3 Å². The summed E-state index contributed by atoms with van der Waals surface area (Å²) in [7, 11) is 3.03. The molecule has 0 amide bonds. The van der Waals surface area contributed by atoms with Crippen LogP contribution in [-0.2, 0) is 0 Å². The van der Waals surface area contributed by atoms with Crippen LogP contribution in [0.25, 0.3) is 6.08 Å². The van der Waals surface area contributed by atoms with Gasteiger partial charge in [-0.25, -0.2) is 0 Å². The number of hydrogen-bond donors (Lipinski definition) is 0. The number of carbonyl (C=O) groups excluding carboxylic acids is 1. The Morgan fingerprint density at radius 3 is 2.67 bits per heavy atom. The van der Waals surface area contributed by atoms with Crippen molar-refractivity contribution in [1.29, 1.82) is 5.26 Å². The number of allylic oxidation sites excluding steroid dienone is 1. The van der Waals surface area contributed by atoms with Gasteiger partial charge in [-0.3, -0.25) is 4.79 Å². The number of methoxy groups -OCH3 is 2. The Morgan fingerprint density at radius 2 is 2.04 bits per heavy atom. The third-order valence-corrected chi connectivity index (χ3v) is 4.19. The summed E-state index contributed by atoms with van der Waals surface area (Å²) in [6, 6.07) is 12.1. The predicted octanol–water partition coefficient (Wildman–Crippen LogP) is 4.82. The number of Topliss-reactive ketones (excluding diaryl/α,β-unsaturated/α-hetero) is 1. The number of rotatable bonds is 8. The zero-order chi connectivity index (χ0) is 19.8. The molecule has 0 aliphatic rings. The van der Waals surface area contributed by atoms with Crippen LogP contribution < -0.4 is 14.2 Å². The van der Waals surface area contributed by atoms with Crippen LogP contribution in [0, 0.1) is 11.3 Å². The van der Waals surface area contributed by atoms with Gasteiger partial charge in [-0.15, -0.1) is 0 Å². The average Bonchev–Trinajstić information content (AvgIpc) is 2.70. The summed E-state index contributed by atoms with van der Waals surface area (Å²) in [6.45, 7) is 3.94. The minimum atomic E-state index is -0.390. The lowest BCUT2D eigenvalue weighted by Crippen LogP contribution is -2.02. The molecule has 6 heteroatoms. The molecule has 0 atom stereocenters. The maximum atomic E-state index is 12.7. The second kappa shape index (κ2) is 9.60. The summed E-state index contributed by atoms with van der Waals surface area (Å²) < 4.78 is 16.7. The standard InChI is InChI=1S/C21H18BrNO4/c1-4-8-27-21-18(22)10-14(11-19(21)26-3)9-16(13-23)20(24)15-6-5-7-17(12-15)25-2/h4-7,9-12H,1,8H2,2-3H3/b16-9+. The van der Waals surface area contributed by atoms with E-state index in [2.05, 4.69) is 22.5 Å². The second-order valence-corrected chi connectivity index (χ2v) is 6.22. The van der Waals surface area contributed by atoms with E-state index >= 15 is 0 Å². The molecular formula is C21H18BrNO4. The number of benzene rings is 2. The molecule has 0 N–H and O–H groups in total. The summed E-state index contributed by atoms with van der Waals surface area (Å²) in [5.41, 5.74) is 0.994. The van der Waals surface area contributed by atoms with Crippen LogP contribution in [0.3, 0.4) is 0 Å². The molecule has 0 saturated carbocycles. The van der Waals surface area contributed by atoms with Crippen molar-refractivity contribution in [1.82, 2.24) is 0 Å². The lowest BCUT2D eigenvalue weighted by Gasteiger charge is -2.12. The lowest BCUT2D eigenvalue weighted by atomic mass is 10.0. The summed E-state index contributed by atoms with van der Waals surface area (Å²) in [5, 5.41) is 9.46. The highest BCUT2D eigenvalue weighted by Crippen LogP contribution is 2.37. The zero-order valence-electron chi connectivity index (χ0n) is 15.0. The van der Waals surface area contributed by atoms with Crippen molar-refractivity contribution in [2.45, 2.75) is 0 Å². The molecule has 0 radical (unpaired) electrons. The van der Waals surface area contributed by atoms with Crippen LogP contribution in [0.5, 0.6) is 17.2 Å². The largest absolute Gasteiger partial charge is 0.497 e. The highest BCUT2D eigenvalue weighted by molar-refractivity contribution is 9.10. The molecule has 0 aliphatic carbocycles. The van der Waals surface area contributed by atoms with Crippen molar-refractivity contribution in [3.05, 3.63) is 70.2 Å². The van der Waals surface area contributed by atoms with Gasteiger partial charge in [-0.2, -0.15) is 5.26 Å². The highest BCUT2D eigenvalue weighted by atomic mass is 79.9. The van der Waals surface area contributed by atoms with Gasteiger partial charge in [-0.05, 0) is 51.8 Å². The molecule has 0 unspecified atom stereocenters. The Labute approximate surface area is 166 Å². The zero-order valence-corrected chi connectivity index (χ0v) is 16.6. The number of nitrogens with zero attached hydrogens (tertiary/aromatic N) is 1. The topological polar surface area (TPSA) is 68.5 Å². The molecule has 0 spiro atoms. The monoisotopic (exact) mass is 427 g/mol. The van der Waals surface area contributed by atoms with E-state index in [0.717, 1.165) is 0 Å². The van der Waals surface area contributed by atoms with Crippen molar-refractivity contribution in [2.75, 3.05) is 20.8 Å². The van der Waals surface area contributed by atoms with Crippen molar-refractivity contribution in [2.24, 2.45) is 0 Å². The number of carbonyl (C=O) groups is 1. The van der Waals surface area contributed by atoms with E-state index in [1.54, 1.807) is 42.5 Å². The van der Waals surface area contributed by atoms with Gasteiger partial charge in [-0.1, -0.05) is 24.8 Å². The molecule has 0 bridgehead atoms. The van der Waals surface area contributed by atoms with Crippen molar-refractivity contribution >= 4 is 27.8 Å². The van der Waals surface area contributed by atoms with Crippen LogP contribution in [-0.4, -0.2) is 26.6 Å². The predicted molar refractivity (Wildman–Crippen MR) is 107 cm³/mol. The van der Waals surface area contributed by atoms with E-state index < -0.39 is 5.78 Å². The lowest BCUT2D eigenvalue weighted by molar-refractivity contribution is 0.103. The van der Waals surface area contributed by atoms with Crippen LogP contribution in [0.1, 0.15) is 15.9 Å². The molecule has 0 aromatic heterocycles. The molecule has 0 fully saturated rings. The molecule has 5 nitrogen and oxygen atoms in total. The van der Waals surface area contributed by atoms with Crippen molar-refractivity contribution in [3.63, 3.8) is 0 Å². The molecular weight excluding hydrogens is 410 g/mol. The first kappa shape index (κ1) is 20.3. The number of ketones is 1. The van der Waals surface area contributed by atoms with E-state index in [-0.39, 0.29) is 5.57 Å². The van der Waals surface area contributed by atoms with Crippen molar-refractivity contribution in [3.8, 4) is 23.3 Å². The summed E-state index contributed by atoms with van der Waals surface area (Å²) in [5.74, 6) is 1.15. The van der Waals surface area contributed by atoms with Gasteiger partial charge >= 0.3 is 0 Å². The number of nitriles is 1. The Hall–Kier alpha value is -3.04. The van der Waals surface area contributed by atoms with Crippen LogP contribution >= 0.6 is 15.9 Å². The Bertz CT molecular complexity index is 928. The summed E-state index contributed by atoms with van der Waals surface area (Å²) in [6.07, 6.45) is 3.13. The molecule has 0 heterocycles. The third-order valence-electron chi connectivity index (χ3n) is 3.61. The molecule has 2 rings (SSSR count). The minimum Gasteiger partial charge on any atom is -0.497 e.